The third-order valence-electron chi connectivity index (χ3n) is 10.3. The third kappa shape index (κ3) is 3.01. The monoisotopic (exact) mass is 527 g/mol. The van der Waals surface area contributed by atoms with Gasteiger partial charge in [0.15, 0.2) is 0 Å². The molecule has 1 saturated carbocycles. The van der Waals surface area contributed by atoms with Crippen LogP contribution in [0.15, 0.2) is 53.3 Å². The number of aromatic amines is 1. The first kappa shape index (κ1) is 24.6. The molecule has 6 nitrogen and oxygen atoms in total. The fourth-order valence-electron chi connectivity index (χ4n) is 8.48. The Labute approximate surface area is 218 Å². The smallest absolute Gasteiger partial charge is 0.388 e. The molecule has 3 heterocycles. The Morgan fingerprint density at radius 1 is 1.18 bits per heavy atom. The Kier molecular flexibility index (Phi) is 4.91. The second-order valence-electron chi connectivity index (χ2n) is 12.3. The number of likely N-dealkylation sites (N-methyl/N-ethyl adjacent to an activating group) is 1. The van der Waals surface area contributed by atoms with Crippen molar-refractivity contribution in [2.45, 2.75) is 74.7 Å². The third-order valence-corrected chi connectivity index (χ3v) is 10.3. The summed E-state index contributed by atoms with van der Waals surface area (Å²) in [5.41, 5.74) is -0.132. The summed E-state index contributed by atoms with van der Waals surface area (Å²) >= 11 is 0. The standard InChI is InChI=1S/C29H32F3N3O3/c1-26-12-20(29(30,31)32)18-11-19-24(36)25(37)22(35(2)3)13-27(19)8-9-28(18,38-27)23(26)7-6-17(26)15-4-5-16-14-33-34-21(16)10-15/h4-6,10-11,14,22-25,36-37H,7-9,12-13H2,1-3H3,(H,33,34). The molecule has 9 heteroatoms. The summed E-state index contributed by atoms with van der Waals surface area (Å²) in [6, 6.07) is 5.53. The molecule has 1 aromatic heterocycles. The van der Waals surface area contributed by atoms with Crippen LogP contribution in [-0.4, -0.2) is 75.0 Å². The fourth-order valence-corrected chi connectivity index (χ4v) is 8.48. The lowest BCUT2D eigenvalue weighted by atomic mass is 9.56. The van der Waals surface area contributed by atoms with Gasteiger partial charge in [-0.15, -0.1) is 0 Å². The molecule has 202 valence electrons. The number of nitrogens with one attached hydrogen (secondary N) is 1. The second kappa shape index (κ2) is 7.59. The Balaban J connectivity index is 1.40. The van der Waals surface area contributed by atoms with E-state index in [-0.39, 0.29) is 24.0 Å². The van der Waals surface area contributed by atoms with Gasteiger partial charge in [-0.1, -0.05) is 31.2 Å². The average molecular weight is 528 g/mol. The first-order valence-corrected chi connectivity index (χ1v) is 13.3. The predicted molar refractivity (Wildman–Crippen MR) is 136 cm³/mol. The number of hydrogen-bond acceptors (Lipinski definition) is 5. The van der Waals surface area contributed by atoms with Gasteiger partial charge in [-0.2, -0.15) is 18.3 Å². The highest BCUT2D eigenvalue weighted by atomic mass is 19.4. The number of ether oxygens (including phenoxy) is 1. The molecule has 2 fully saturated rings. The van der Waals surface area contributed by atoms with E-state index in [0.29, 0.717) is 31.3 Å². The van der Waals surface area contributed by atoms with E-state index in [1.54, 1.807) is 12.3 Å². The minimum absolute atomic E-state index is 0.156. The molecular formula is C29H32F3N3O3. The van der Waals surface area contributed by atoms with Crippen LogP contribution in [0.1, 0.15) is 44.6 Å². The molecule has 2 aliphatic heterocycles. The predicted octanol–water partition coefficient (Wildman–Crippen LogP) is 4.52. The van der Waals surface area contributed by atoms with Gasteiger partial charge in [0, 0.05) is 28.3 Å². The largest absolute Gasteiger partial charge is 0.413 e. The molecule has 2 bridgehead atoms. The normalized spacial score (nSPS) is 40.2. The van der Waals surface area contributed by atoms with Crippen LogP contribution in [0.5, 0.6) is 0 Å². The number of rotatable bonds is 2. The molecule has 7 atom stereocenters. The number of halogens is 3. The zero-order valence-corrected chi connectivity index (χ0v) is 21.6. The SMILES string of the molecule is CN(C)C1CC23CCC4(O2)C(=C(C(F)(F)F)CC2(C)C(c5ccc6cn[nH]c6c5)=CCC24)C=C3C(O)C1O. The van der Waals surface area contributed by atoms with Gasteiger partial charge >= 0.3 is 6.18 Å². The van der Waals surface area contributed by atoms with E-state index in [2.05, 4.69) is 16.3 Å². The molecule has 2 aromatic rings. The van der Waals surface area contributed by atoms with Crippen molar-refractivity contribution in [2.75, 3.05) is 14.1 Å². The number of allylic oxidation sites excluding steroid dienone is 3. The molecule has 3 aliphatic carbocycles. The Morgan fingerprint density at radius 3 is 2.71 bits per heavy atom. The lowest BCUT2D eigenvalue weighted by Crippen LogP contribution is -2.62. The maximum Gasteiger partial charge on any atom is 0.413 e. The number of H-pyrrole nitrogens is 1. The van der Waals surface area contributed by atoms with Crippen LogP contribution >= 0.6 is 0 Å². The van der Waals surface area contributed by atoms with Crippen LogP contribution in [0, 0.1) is 11.3 Å². The van der Waals surface area contributed by atoms with Crippen molar-refractivity contribution >= 4 is 16.5 Å². The summed E-state index contributed by atoms with van der Waals surface area (Å²) in [4.78, 5) is 1.87. The van der Waals surface area contributed by atoms with Gasteiger partial charge in [0.25, 0.3) is 0 Å². The second-order valence-corrected chi connectivity index (χ2v) is 12.3. The topological polar surface area (TPSA) is 81.6 Å². The van der Waals surface area contributed by atoms with E-state index < -0.39 is 40.6 Å². The molecule has 5 aliphatic rings. The van der Waals surface area contributed by atoms with Crippen molar-refractivity contribution in [2.24, 2.45) is 11.3 Å². The molecule has 3 N–H and O–H groups in total. The van der Waals surface area contributed by atoms with E-state index >= 15 is 0 Å². The van der Waals surface area contributed by atoms with Crippen molar-refractivity contribution in [3.63, 3.8) is 0 Å². The van der Waals surface area contributed by atoms with Crippen LogP contribution in [-0.2, 0) is 4.74 Å². The molecule has 7 rings (SSSR count). The average Bonchev–Trinajstić information content (AvgIpc) is 3.54. The molecule has 0 amide bonds. The maximum absolute atomic E-state index is 14.8. The summed E-state index contributed by atoms with van der Waals surface area (Å²) in [5.74, 6) is -0.178. The van der Waals surface area contributed by atoms with E-state index in [1.807, 2.05) is 44.1 Å². The van der Waals surface area contributed by atoms with Gasteiger partial charge < -0.3 is 19.8 Å². The van der Waals surface area contributed by atoms with Crippen LogP contribution < -0.4 is 0 Å². The number of fused-ring (bicyclic) bond motifs is 2. The number of nitrogens with zero attached hydrogens (tertiary/aromatic N) is 2. The minimum Gasteiger partial charge on any atom is -0.388 e. The summed E-state index contributed by atoms with van der Waals surface area (Å²) < 4.78 is 51.4. The summed E-state index contributed by atoms with van der Waals surface area (Å²) in [6.45, 7) is 1.96. The highest BCUT2D eigenvalue weighted by molar-refractivity contribution is 5.85. The number of benzene rings is 1. The lowest BCUT2D eigenvalue weighted by Gasteiger charge is -2.57. The van der Waals surface area contributed by atoms with Crippen molar-refractivity contribution < 1.29 is 28.1 Å². The van der Waals surface area contributed by atoms with Crippen molar-refractivity contribution in [3.8, 4) is 0 Å². The van der Waals surface area contributed by atoms with E-state index in [4.69, 9.17) is 4.74 Å². The van der Waals surface area contributed by atoms with Crippen molar-refractivity contribution in [1.82, 2.24) is 15.1 Å². The summed E-state index contributed by atoms with van der Waals surface area (Å²) in [7, 11) is 3.68. The van der Waals surface area contributed by atoms with Crippen LogP contribution in [0.25, 0.3) is 16.5 Å². The molecule has 7 unspecified atom stereocenters. The van der Waals surface area contributed by atoms with E-state index in [9.17, 15) is 23.4 Å². The lowest BCUT2D eigenvalue weighted by molar-refractivity contribution is -0.170. The first-order valence-electron chi connectivity index (χ1n) is 13.3. The number of aliphatic hydroxyl groups is 2. The minimum atomic E-state index is -4.55. The zero-order chi connectivity index (χ0) is 26.8. The zero-order valence-electron chi connectivity index (χ0n) is 21.6. The van der Waals surface area contributed by atoms with E-state index in [0.717, 1.165) is 22.0 Å². The molecular weight excluding hydrogens is 495 g/mol. The quantitative estimate of drug-likeness (QED) is 0.535. The van der Waals surface area contributed by atoms with Gasteiger partial charge in [-0.25, -0.2) is 0 Å². The summed E-state index contributed by atoms with van der Waals surface area (Å²) in [6.07, 6.45) is 0.322. The van der Waals surface area contributed by atoms with E-state index in [1.165, 1.54) is 0 Å². The number of aliphatic hydroxyl groups excluding tert-OH is 2. The van der Waals surface area contributed by atoms with Crippen LogP contribution in [0.2, 0.25) is 0 Å². The molecule has 1 aromatic carbocycles. The summed E-state index contributed by atoms with van der Waals surface area (Å²) in [5, 5.41) is 30.0. The van der Waals surface area contributed by atoms with Gasteiger partial charge in [-0.3, -0.25) is 5.10 Å². The molecule has 2 spiro atoms. The van der Waals surface area contributed by atoms with Gasteiger partial charge in [0.2, 0.25) is 0 Å². The Bertz CT molecular complexity index is 1440. The maximum atomic E-state index is 14.8. The highest BCUT2D eigenvalue weighted by Gasteiger charge is 2.69. The van der Waals surface area contributed by atoms with Gasteiger partial charge in [0.05, 0.1) is 29.0 Å². The first-order chi connectivity index (χ1) is 17.9. The van der Waals surface area contributed by atoms with Crippen LogP contribution in [0.3, 0.4) is 0 Å². The van der Waals surface area contributed by atoms with Crippen molar-refractivity contribution in [3.05, 3.63) is 58.8 Å². The highest BCUT2D eigenvalue weighted by Crippen LogP contribution is 2.70. The Morgan fingerprint density at radius 2 is 1.97 bits per heavy atom. The van der Waals surface area contributed by atoms with Gasteiger partial charge in [-0.05, 0) is 74.5 Å². The number of aromatic nitrogens is 2. The van der Waals surface area contributed by atoms with Gasteiger partial charge in [0.1, 0.15) is 6.10 Å². The molecule has 1 saturated heterocycles. The fraction of sp³-hybridized carbons (Fsp3) is 0.552. The van der Waals surface area contributed by atoms with Crippen molar-refractivity contribution in [1.29, 1.82) is 0 Å². The number of hydrogen-bond donors (Lipinski definition) is 3. The molecule has 0 radical (unpaired) electrons. The molecule has 38 heavy (non-hydrogen) atoms. The number of alkyl halides is 3. The van der Waals surface area contributed by atoms with Crippen LogP contribution in [0.4, 0.5) is 13.2 Å². The Hall–Kier alpha value is -2.46.